The summed E-state index contributed by atoms with van der Waals surface area (Å²) in [5.41, 5.74) is 3.48. The number of rotatable bonds is 4. The van der Waals surface area contributed by atoms with Crippen molar-refractivity contribution in [2.75, 3.05) is 7.11 Å². The lowest BCUT2D eigenvalue weighted by molar-refractivity contribution is 0.0954. The maximum atomic E-state index is 11.8. The highest BCUT2D eigenvalue weighted by atomic mass is 16.5. The number of phenolic OH excluding ortho intramolecular Hbond substituents is 1. The minimum Gasteiger partial charge on any atom is -0.508 e. The molecule has 5 heteroatoms. The largest absolute Gasteiger partial charge is 0.508 e. The molecule has 0 saturated heterocycles. The van der Waals surface area contributed by atoms with Crippen LogP contribution in [0.3, 0.4) is 0 Å². The molecule has 0 radical (unpaired) electrons. The summed E-state index contributed by atoms with van der Waals surface area (Å²) in [6, 6.07) is 13.4. The smallest absolute Gasteiger partial charge is 0.271 e. The molecular formula is C15H14N2O3. The van der Waals surface area contributed by atoms with Gasteiger partial charge in [0.2, 0.25) is 0 Å². The summed E-state index contributed by atoms with van der Waals surface area (Å²) in [5, 5.41) is 13.2. The van der Waals surface area contributed by atoms with Crippen LogP contribution in [0.15, 0.2) is 53.6 Å². The van der Waals surface area contributed by atoms with Crippen LogP contribution in [0.4, 0.5) is 0 Å². The molecule has 2 N–H and O–H groups in total. The SMILES string of the molecule is COc1ccccc1/C=N/NC(=O)c1cccc(O)c1. The Bertz CT molecular complexity index is 639. The van der Waals surface area contributed by atoms with E-state index in [0.29, 0.717) is 11.3 Å². The third-order valence-electron chi connectivity index (χ3n) is 2.62. The molecule has 0 aliphatic carbocycles. The molecule has 0 unspecified atom stereocenters. The molecule has 2 rings (SSSR count). The van der Waals surface area contributed by atoms with Gasteiger partial charge in [0.1, 0.15) is 11.5 Å². The van der Waals surface area contributed by atoms with Gasteiger partial charge in [-0.25, -0.2) is 5.43 Å². The van der Waals surface area contributed by atoms with E-state index in [4.69, 9.17) is 4.74 Å². The molecule has 0 aliphatic rings. The summed E-state index contributed by atoms with van der Waals surface area (Å²) in [7, 11) is 1.57. The number of nitrogens with one attached hydrogen (secondary N) is 1. The van der Waals surface area contributed by atoms with Gasteiger partial charge >= 0.3 is 0 Å². The van der Waals surface area contributed by atoms with Gasteiger partial charge in [0, 0.05) is 11.1 Å². The lowest BCUT2D eigenvalue weighted by Gasteiger charge is -2.03. The van der Waals surface area contributed by atoms with Crippen LogP contribution in [-0.2, 0) is 0 Å². The average molecular weight is 270 g/mol. The quantitative estimate of drug-likeness (QED) is 0.660. The molecular weight excluding hydrogens is 256 g/mol. The number of phenols is 1. The Balaban J connectivity index is 2.05. The van der Waals surface area contributed by atoms with Crippen molar-refractivity contribution >= 4 is 12.1 Å². The molecule has 2 aromatic rings. The van der Waals surface area contributed by atoms with E-state index in [-0.39, 0.29) is 5.75 Å². The molecule has 0 saturated carbocycles. The van der Waals surface area contributed by atoms with Crippen molar-refractivity contribution < 1.29 is 14.6 Å². The van der Waals surface area contributed by atoms with Crippen LogP contribution in [0.2, 0.25) is 0 Å². The van der Waals surface area contributed by atoms with Gasteiger partial charge in [-0.2, -0.15) is 5.10 Å². The fourth-order valence-corrected chi connectivity index (χ4v) is 1.65. The minimum absolute atomic E-state index is 0.0337. The van der Waals surface area contributed by atoms with Crippen LogP contribution in [0.25, 0.3) is 0 Å². The third kappa shape index (κ3) is 3.35. The lowest BCUT2D eigenvalue weighted by Crippen LogP contribution is -2.17. The standard InChI is InChI=1S/C15H14N2O3/c1-20-14-8-3-2-5-12(14)10-16-17-15(19)11-6-4-7-13(18)9-11/h2-10,18H,1H3,(H,17,19)/b16-10+. The number of benzene rings is 2. The van der Waals surface area contributed by atoms with E-state index in [2.05, 4.69) is 10.5 Å². The van der Waals surface area contributed by atoms with Crippen molar-refractivity contribution in [1.82, 2.24) is 5.43 Å². The number of hydrazone groups is 1. The van der Waals surface area contributed by atoms with Crippen LogP contribution in [0.1, 0.15) is 15.9 Å². The van der Waals surface area contributed by atoms with Gasteiger partial charge in [0.25, 0.3) is 5.91 Å². The second-order valence-corrected chi connectivity index (χ2v) is 3.99. The average Bonchev–Trinajstić information content (AvgIpc) is 2.47. The number of amides is 1. The predicted octanol–water partition coefficient (Wildman–Crippen LogP) is 2.16. The number of methoxy groups -OCH3 is 1. The Hall–Kier alpha value is -2.82. The zero-order chi connectivity index (χ0) is 14.4. The van der Waals surface area contributed by atoms with E-state index < -0.39 is 5.91 Å². The first-order valence-corrected chi connectivity index (χ1v) is 5.96. The summed E-state index contributed by atoms with van der Waals surface area (Å²) in [5.74, 6) is 0.307. The molecule has 0 aliphatic heterocycles. The van der Waals surface area contributed by atoms with Gasteiger partial charge in [0.15, 0.2) is 0 Å². The Kier molecular flexibility index (Phi) is 4.34. The monoisotopic (exact) mass is 270 g/mol. The molecule has 0 bridgehead atoms. The molecule has 1 amide bonds. The van der Waals surface area contributed by atoms with Crippen LogP contribution < -0.4 is 10.2 Å². The first kappa shape index (κ1) is 13.6. The second-order valence-electron chi connectivity index (χ2n) is 3.99. The van der Waals surface area contributed by atoms with Crippen molar-refractivity contribution in [3.8, 4) is 11.5 Å². The number of hydrogen-bond acceptors (Lipinski definition) is 4. The summed E-state index contributed by atoms with van der Waals surface area (Å²) in [4.78, 5) is 11.8. The first-order chi connectivity index (χ1) is 9.70. The van der Waals surface area contributed by atoms with E-state index in [9.17, 15) is 9.90 Å². The van der Waals surface area contributed by atoms with Gasteiger partial charge in [-0.3, -0.25) is 4.79 Å². The molecule has 0 fully saturated rings. The minimum atomic E-state index is -0.396. The van der Waals surface area contributed by atoms with Crippen LogP contribution in [-0.4, -0.2) is 24.3 Å². The van der Waals surface area contributed by atoms with E-state index in [1.165, 1.54) is 18.3 Å². The van der Waals surface area contributed by atoms with Gasteiger partial charge in [-0.15, -0.1) is 0 Å². The lowest BCUT2D eigenvalue weighted by atomic mass is 10.2. The first-order valence-electron chi connectivity index (χ1n) is 5.96. The third-order valence-corrected chi connectivity index (χ3v) is 2.62. The Morgan fingerprint density at radius 3 is 2.80 bits per heavy atom. The predicted molar refractivity (Wildman–Crippen MR) is 76.2 cm³/mol. The summed E-state index contributed by atoms with van der Waals surface area (Å²) >= 11 is 0. The van der Waals surface area contributed by atoms with E-state index in [1.807, 2.05) is 18.2 Å². The zero-order valence-electron chi connectivity index (χ0n) is 10.9. The number of nitrogens with zero attached hydrogens (tertiary/aromatic N) is 1. The van der Waals surface area contributed by atoms with Crippen LogP contribution in [0.5, 0.6) is 11.5 Å². The second kappa shape index (κ2) is 6.38. The molecule has 0 spiro atoms. The van der Waals surface area contributed by atoms with E-state index >= 15 is 0 Å². The fraction of sp³-hybridized carbons (Fsp3) is 0.0667. The number of hydrogen-bond donors (Lipinski definition) is 2. The normalized spacial score (nSPS) is 10.4. The molecule has 0 atom stereocenters. The van der Waals surface area contributed by atoms with Crippen molar-refractivity contribution in [1.29, 1.82) is 0 Å². The number of para-hydroxylation sites is 1. The van der Waals surface area contributed by atoms with Crippen molar-refractivity contribution in [3.63, 3.8) is 0 Å². The number of carbonyl (C=O) groups is 1. The molecule has 5 nitrogen and oxygen atoms in total. The summed E-state index contributed by atoms with van der Waals surface area (Å²) < 4.78 is 5.17. The Morgan fingerprint density at radius 2 is 2.05 bits per heavy atom. The van der Waals surface area contributed by atoms with Crippen LogP contribution >= 0.6 is 0 Å². The van der Waals surface area contributed by atoms with Gasteiger partial charge in [0.05, 0.1) is 13.3 Å². The molecule has 2 aromatic carbocycles. The highest BCUT2D eigenvalue weighted by Gasteiger charge is 2.04. The van der Waals surface area contributed by atoms with Gasteiger partial charge in [-0.05, 0) is 30.3 Å². The van der Waals surface area contributed by atoms with E-state index in [1.54, 1.807) is 25.3 Å². The van der Waals surface area contributed by atoms with Crippen molar-refractivity contribution in [2.24, 2.45) is 5.10 Å². The topological polar surface area (TPSA) is 70.9 Å². The number of aromatic hydroxyl groups is 1. The molecule has 0 aromatic heterocycles. The summed E-state index contributed by atoms with van der Waals surface area (Å²) in [6.45, 7) is 0. The van der Waals surface area contributed by atoms with E-state index in [0.717, 1.165) is 5.56 Å². The van der Waals surface area contributed by atoms with Gasteiger partial charge < -0.3 is 9.84 Å². The van der Waals surface area contributed by atoms with Gasteiger partial charge in [-0.1, -0.05) is 18.2 Å². The van der Waals surface area contributed by atoms with Crippen molar-refractivity contribution in [2.45, 2.75) is 0 Å². The fourth-order valence-electron chi connectivity index (χ4n) is 1.65. The maximum absolute atomic E-state index is 11.8. The Labute approximate surface area is 116 Å². The number of ether oxygens (including phenoxy) is 1. The highest BCUT2D eigenvalue weighted by molar-refractivity contribution is 5.95. The number of carbonyl (C=O) groups excluding carboxylic acids is 1. The highest BCUT2D eigenvalue weighted by Crippen LogP contribution is 2.14. The Morgan fingerprint density at radius 1 is 1.25 bits per heavy atom. The molecule has 20 heavy (non-hydrogen) atoms. The van der Waals surface area contributed by atoms with Crippen molar-refractivity contribution in [3.05, 3.63) is 59.7 Å². The molecule has 0 heterocycles. The molecule has 102 valence electrons. The maximum Gasteiger partial charge on any atom is 0.271 e. The zero-order valence-corrected chi connectivity index (χ0v) is 10.9. The van der Waals surface area contributed by atoms with Crippen LogP contribution in [0, 0.1) is 0 Å². The summed E-state index contributed by atoms with van der Waals surface area (Å²) in [6.07, 6.45) is 1.50.